The third kappa shape index (κ3) is 7.50. The van der Waals surface area contributed by atoms with Crippen molar-refractivity contribution >= 4 is 29.9 Å². The lowest BCUT2D eigenvalue weighted by Gasteiger charge is -2.12. The van der Waals surface area contributed by atoms with Gasteiger partial charge in [0.2, 0.25) is 11.8 Å². The summed E-state index contributed by atoms with van der Waals surface area (Å²) in [5.74, 6) is -0.495. The predicted octanol–water partition coefficient (Wildman–Crippen LogP) is 0.275. The van der Waals surface area contributed by atoms with E-state index in [0.717, 1.165) is 0 Å². The van der Waals surface area contributed by atoms with Crippen LogP contribution in [0.4, 0.5) is 5.69 Å². The van der Waals surface area contributed by atoms with Gasteiger partial charge in [-0.15, -0.1) is 12.4 Å². The van der Waals surface area contributed by atoms with Crippen LogP contribution in [0.3, 0.4) is 0 Å². The summed E-state index contributed by atoms with van der Waals surface area (Å²) in [6.07, 6.45) is -0.199. The Morgan fingerprint density at radius 2 is 2.05 bits per heavy atom. The lowest BCUT2D eigenvalue weighted by Crippen LogP contribution is -2.38. The van der Waals surface area contributed by atoms with Crippen molar-refractivity contribution in [1.29, 1.82) is 0 Å². The van der Waals surface area contributed by atoms with Crippen LogP contribution in [0.1, 0.15) is 6.42 Å². The third-order valence-corrected chi connectivity index (χ3v) is 2.42. The Hall–Kier alpha value is -1.83. The van der Waals surface area contributed by atoms with E-state index < -0.39 is 17.9 Å². The Morgan fingerprint density at radius 1 is 1.33 bits per heavy atom. The fourth-order valence-electron chi connectivity index (χ4n) is 1.45. The number of anilines is 1. The highest BCUT2D eigenvalue weighted by Crippen LogP contribution is 2.17. The Labute approximate surface area is 129 Å². The maximum atomic E-state index is 11.7. The van der Waals surface area contributed by atoms with Crippen LogP contribution in [0, 0.1) is 0 Å². The molecule has 1 rings (SSSR count). The van der Waals surface area contributed by atoms with Crippen LogP contribution in [0.2, 0.25) is 0 Å². The first-order valence-electron chi connectivity index (χ1n) is 6.09. The molecule has 0 aliphatic carbocycles. The molecule has 0 aliphatic rings. The monoisotopic (exact) mass is 317 g/mol. The molecule has 0 aliphatic heterocycles. The van der Waals surface area contributed by atoms with E-state index in [-0.39, 0.29) is 18.8 Å². The fraction of sp³-hybridized carbons (Fsp3) is 0.385. The number of carbonyl (C=O) groups is 2. The molecule has 1 aromatic carbocycles. The average molecular weight is 318 g/mol. The van der Waals surface area contributed by atoms with Crippen molar-refractivity contribution in [2.45, 2.75) is 12.5 Å². The van der Waals surface area contributed by atoms with Gasteiger partial charge in [-0.25, -0.2) is 0 Å². The zero-order valence-corrected chi connectivity index (χ0v) is 12.5. The van der Waals surface area contributed by atoms with Gasteiger partial charge in [-0.3, -0.25) is 9.59 Å². The van der Waals surface area contributed by atoms with Gasteiger partial charge in [-0.1, -0.05) is 6.07 Å². The van der Waals surface area contributed by atoms with Gasteiger partial charge in [-0.05, 0) is 12.1 Å². The molecule has 1 unspecified atom stereocenters. The number of methoxy groups -OCH3 is 1. The molecule has 5 N–H and O–H groups in total. The number of ether oxygens (including phenoxy) is 2. The molecule has 21 heavy (non-hydrogen) atoms. The van der Waals surface area contributed by atoms with Crippen molar-refractivity contribution in [2.24, 2.45) is 11.5 Å². The van der Waals surface area contributed by atoms with Crippen LogP contribution in [-0.2, 0) is 14.3 Å². The number of halogens is 1. The standard InChI is InChI=1S/C13H19N3O4.ClH/c1-19-5-6-20-10-4-2-3-9(7-10)16-13(18)11(14)8-12(15)17;/h2-4,7,11H,5-6,8,14H2,1H3,(H2,15,17)(H,16,18);1H. The van der Waals surface area contributed by atoms with Crippen LogP contribution in [0.15, 0.2) is 24.3 Å². The number of primary amides is 1. The second-order valence-electron chi connectivity index (χ2n) is 4.14. The van der Waals surface area contributed by atoms with Gasteiger partial charge in [0.15, 0.2) is 0 Å². The molecule has 0 saturated heterocycles. The van der Waals surface area contributed by atoms with Gasteiger partial charge in [0.25, 0.3) is 0 Å². The van der Waals surface area contributed by atoms with Crippen molar-refractivity contribution < 1.29 is 19.1 Å². The maximum absolute atomic E-state index is 11.7. The zero-order chi connectivity index (χ0) is 15.0. The molecule has 118 valence electrons. The Balaban J connectivity index is 0.00000400. The molecule has 7 nitrogen and oxygen atoms in total. The number of nitrogens with one attached hydrogen (secondary N) is 1. The van der Waals surface area contributed by atoms with Crippen molar-refractivity contribution in [3.63, 3.8) is 0 Å². The largest absolute Gasteiger partial charge is 0.491 e. The highest BCUT2D eigenvalue weighted by atomic mass is 35.5. The number of hydrogen-bond acceptors (Lipinski definition) is 5. The van der Waals surface area contributed by atoms with Gasteiger partial charge < -0.3 is 26.3 Å². The Morgan fingerprint density at radius 3 is 2.67 bits per heavy atom. The van der Waals surface area contributed by atoms with E-state index in [9.17, 15) is 9.59 Å². The normalized spacial score (nSPS) is 11.1. The number of nitrogens with two attached hydrogens (primary N) is 2. The molecule has 0 spiro atoms. The second kappa shape index (κ2) is 9.98. The van der Waals surface area contributed by atoms with Crippen LogP contribution < -0.4 is 21.5 Å². The van der Waals surface area contributed by atoms with Crippen LogP contribution in [-0.4, -0.2) is 38.2 Å². The predicted molar refractivity (Wildman–Crippen MR) is 81.5 cm³/mol. The van der Waals surface area contributed by atoms with E-state index >= 15 is 0 Å². The number of hydrogen-bond donors (Lipinski definition) is 3. The molecule has 8 heteroatoms. The molecular formula is C13H20ClN3O4. The fourth-order valence-corrected chi connectivity index (χ4v) is 1.45. The summed E-state index contributed by atoms with van der Waals surface area (Å²) in [6, 6.07) is 5.87. The number of rotatable bonds is 8. The molecular weight excluding hydrogens is 298 g/mol. The van der Waals surface area contributed by atoms with Crippen molar-refractivity contribution in [2.75, 3.05) is 25.6 Å². The van der Waals surface area contributed by atoms with Gasteiger partial charge in [0.05, 0.1) is 19.1 Å². The summed E-state index contributed by atoms with van der Waals surface area (Å²) in [4.78, 5) is 22.4. The van der Waals surface area contributed by atoms with Crippen LogP contribution >= 0.6 is 12.4 Å². The van der Waals surface area contributed by atoms with Gasteiger partial charge in [-0.2, -0.15) is 0 Å². The van der Waals surface area contributed by atoms with E-state index in [0.29, 0.717) is 24.7 Å². The number of amides is 2. The smallest absolute Gasteiger partial charge is 0.241 e. The summed E-state index contributed by atoms with van der Waals surface area (Å²) in [7, 11) is 1.58. The van der Waals surface area contributed by atoms with E-state index in [4.69, 9.17) is 20.9 Å². The topological polar surface area (TPSA) is 117 Å². The van der Waals surface area contributed by atoms with E-state index in [2.05, 4.69) is 5.32 Å². The lowest BCUT2D eigenvalue weighted by atomic mass is 10.2. The van der Waals surface area contributed by atoms with E-state index in [1.54, 1.807) is 31.4 Å². The van der Waals surface area contributed by atoms with Gasteiger partial charge >= 0.3 is 0 Å². The maximum Gasteiger partial charge on any atom is 0.241 e. The summed E-state index contributed by atoms with van der Waals surface area (Å²) in [5.41, 5.74) is 11.1. The molecule has 2 amide bonds. The van der Waals surface area contributed by atoms with Crippen LogP contribution in [0.25, 0.3) is 0 Å². The molecule has 0 radical (unpaired) electrons. The average Bonchev–Trinajstić information content (AvgIpc) is 2.38. The number of benzene rings is 1. The number of carbonyl (C=O) groups excluding carboxylic acids is 2. The molecule has 0 fully saturated rings. The van der Waals surface area contributed by atoms with E-state index in [1.165, 1.54) is 0 Å². The van der Waals surface area contributed by atoms with Gasteiger partial charge in [0.1, 0.15) is 12.4 Å². The minimum absolute atomic E-state index is 0. The second-order valence-corrected chi connectivity index (χ2v) is 4.14. The van der Waals surface area contributed by atoms with Crippen LogP contribution in [0.5, 0.6) is 5.75 Å². The summed E-state index contributed by atoms with van der Waals surface area (Å²) in [5, 5.41) is 2.59. The molecule has 1 atom stereocenters. The first-order chi connectivity index (χ1) is 9.52. The highest BCUT2D eigenvalue weighted by molar-refractivity contribution is 5.97. The summed E-state index contributed by atoms with van der Waals surface area (Å²) in [6.45, 7) is 0.884. The zero-order valence-electron chi connectivity index (χ0n) is 11.7. The van der Waals surface area contributed by atoms with Crippen molar-refractivity contribution in [1.82, 2.24) is 0 Å². The SMILES string of the molecule is COCCOc1cccc(NC(=O)C(N)CC(N)=O)c1.Cl. The molecule has 0 aromatic heterocycles. The Bertz CT molecular complexity index is 470. The minimum Gasteiger partial charge on any atom is -0.491 e. The lowest BCUT2D eigenvalue weighted by molar-refractivity contribution is -0.123. The third-order valence-electron chi connectivity index (χ3n) is 2.42. The molecule has 0 bridgehead atoms. The molecule has 0 heterocycles. The first-order valence-corrected chi connectivity index (χ1v) is 6.09. The van der Waals surface area contributed by atoms with Crippen molar-refractivity contribution in [3.8, 4) is 5.75 Å². The molecule has 0 saturated carbocycles. The first kappa shape index (κ1) is 19.2. The van der Waals surface area contributed by atoms with Gasteiger partial charge in [0, 0.05) is 18.9 Å². The Kier molecular flexibility index (Phi) is 9.11. The quantitative estimate of drug-likeness (QED) is 0.595. The van der Waals surface area contributed by atoms with E-state index in [1.807, 2.05) is 0 Å². The van der Waals surface area contributed by atoms with Crippen molar-refractivity contribution in [3.05, 3.63) is 24.3 Å². The summed E-state index contributed by atoms with van der Waals surface area (Å²) < 4.78 is 10.3. The summed E-state index contributed by atoms with van der Waals surface area (Å²) >= 11 is 0. The molecule has 1 aromatic rings. The minimum atomic E-state index is -0.967. The highest BCUT2D eigenvalue weighted by Gasteiger charge is 2.16.